The highest BCUT2D eigenvalue weighted by atomic mass is 32.2. The van der Waals surface area contributed by atoms with Crippen LogP contribution in [-0.2, 0) is 0 Å². The van der Waals surface area contributed by atoms with Crippen molar-refractivity contribution in [1.82, 2.24) is 0 Å². The molecule has 0 saturated heterocycles. The van der Waals surface area contributed by atoms with Crippen molar-refractivity contribution in [1.29, 1.82) is 0 Å². The van der Waals surface area contributed by atoms with Crippen LogP contribution >= 0.6 is 11.8 Å². The molecule has 0 unspecified atom stereocenters. The van der Waals surface area contributed by atoms with Gasteiger partial charge in [-0.25, -0.2) is 8.78 Å². The van der Waals surface area contributed by atoms with Crippen LogP contribution in [0.3, 0.4) is 0 Å². The van der Waals surface area contributed by atoms with E-state index in [0.29, 0.717) is 0 Å². The third-order valence-electron chi connectivity index (χ3n) is 2.44. The number of thioether (sulfide) groups is 1. The highest BCUT2D eigenvalue weighted by molar-refractivity contribution is 8.00. The van der Waals surface area contributed by atoms with Crippen LogP contribution in [-0.4, -0.2) is 16.6 Å². The summed E-state index contributed by atoms with van der Waals surface area (Å²) >= 11 is 1.20. The summed E-state index contributed by atoms with van der Waals surface area (Å²) in [5.74, 6) is -1.51. The molecule has 0 aliphatic heterocycles. The summed E-state index contributed by atoms with van der Waals surface area (Å²) < 4.78 is 25.7. The van der Waals surface area contributed by atoms with Crippen LogP contribution in [0.25, 0.3) is 0 Å². The van der Waals surface area contributed by atoms with E-state index >= 15 is 0 Å². The molecule has 98 valence electrons. The first-order valence-electron chi connectivity index (χ1n) is 5.46. The summed E-state index contributed by atoms with van der Waals surface area (Å²) in [7, 11) is 0. The van der Waals surface area contributed by atoms with Crippen molar-refractivity contribution in [2.24, 2.45) is 0 Å². The van der Waals surface area contributed by atoms with Gasteiger partial charge < -0.3 is 5.11 Å². The van der Waals surface area contributed by atoms with Crippen LogP contribution in [0.5, 0.6) is 5.75 Å². The Morgan fingerprint density at radius 2 is 1.68 bits per heavy atom. The van der Waals surface area contributed by atoms with Gasteiger partial charge in [0.15, 0.2) is 5.78 Å². The van der Waals surface area contributed by atoms with Gasteiger partial charge in [-0.3, -0.25) is 4.79 Å². The molecule has 0 amide bonds. The molecule has 0 saturated carbocycles. The maximum absolute atomic E-state index is 13.0. The maximum Gasteiger partial charge on any atom is 0.176 e. The predicted molar refractivity (Wildman–Crippen MR) is 69.5 cm³/mol. The molecule has 0 aliphatic carbocycles. The Kier molecular flexibility index (Phi) is 4.16. The van der Waals surface area contributed by atoms with Crippen molar-refractivity contribution in [3.8, 4) is 5.75 Å². The van der Waals surface area contributed by atoms with Gasteiger partial charge in [0.25, 0.3) is 0 Å². The van der Waals surface area contributed by atoms with Crippen LogP contribution in [0.4, 0.5) is 8.78 Å². The van der Waals surface area contributed by atoms with Gasteiger partial charge in [-0.1, -0.05) is 0 Å². The summed E-state index contributed by atoms with van der Waals surface area (Å²) in [6, 6.07) is 8.93. The smallest absolute Gasteiger partial charge is 0.176 e. The Balaban J connectivity index is 2.05. The Labute approximate surface area is 113 Å². The molecule has 2 rings (SSSR count). The van der Waals surface area contributed by atoms with E-state index in [9.17, 15) is 18.7 Å². The molecule has 5 heteroatoms. The minimum absolute atomic E-state index is 0.0443. The molecule has 0 atom stereocenters. The molecular formula is C14H10F2O2S. The molecule has 19 heavy (non-hydrogen) atoms. The van der Waals surface area contributed by atoms with Crippen molar-refractivity contribution < 1.29 is 18.7 Å². The number of carbonyl (C=O) groups excluding carboxylic acids is 1. The van der Waals surface area contributed by atoms with E-state index in [1.807, 2.05) is 0 Å². The summed E-state index contributed by atoms with van der Waals surface area (Å²) in [4.78, 5) is 12.6. The van der Waals surface area contributed by atoms with E-state index < -0.39 is 5.82 Å². The molecule has 0 heterocycles. The molecule has 2 nitrogen and oxygen atoms in total. The average molecular weight is 280 g/mol. The van der Waals surface area contributed by atoms with Gasteiger partial charge in [0, 0.05) is 4.90 Å². The normalized spacial score (nSPS) is 10.4. The molecule has 0 fully saturated rings. The standard InChI is InChI=1S/C14H10F2O2S/c15-9-1-4-11(5-2-9)19-8-14(18)12-7-10(16)3-6-13(12)17/h1-7,17H,8H2. The first-order valence-corrected chi connectivity index (χ1v) is 6.45. The largest absolute Gasteiger partial charge is 0.507 e. The lowest BCUT2D eigenvalue weighted by molar-refractivity contribution is 0.101. The Morgan fingerprint density at radius 3 is 2.37 bits per heavy atom. The zero-order valence-electron chi connectivity index (χ0n) is 9.77. The van der Waals surface area contributed by atoms with Crippen molar-refractivity contribution in [2.45, 2.75) is 4.90 Å². The zero-order valence-corrected chi connectivity index (χ0v) is 10.6. The lowest BCUT2D eigenvalue weighted by atomic mass is 10.1. The number of carbonyl (C=O) groups is 1. The highest BCUT2D eigenvalue weighted by Gasteiger charge is 2.12. The van der Waals surface area contributed by atoms with E-state index in [4.69, 9.17) is 0 Å². The molecule has 0 bridgehead atoms. The number of ketones is 1. The van der Waals surface area contributed by atoms with Crippen LogP contribution in [0.1, 0.15) is 10.4 Å². The summed E-state index contributed by atoms with van der Waals surface area (Å²) in [6.45, 7) is 0. The fourth-order valence-corrected chi connectivity index (χ4v) is 2.27. The molecule has 0 radical (unpaired) electrons. The number of hydrogen-bond donors (Lipinski definition) is 1. The first kappa shape index (κ1) is 13.5. The molecule has 2 aromatic rings. The summed E-state index contributed by atoms with van der Waals surface area (Å²) in [6.07, 6.45) is 0. The third-order valence-corrected chi connectivity index (χ3v) is 3.45. The van der Waals surface area contributed by atoms with Gasteiger partial charge in [0.2, 0.25) is 0 Å². The molecule has 0 aliphatic rings. The average Bonchev–Trinajstić information content (AvgIpc) is 2.40. The van der Waals surface area contributed by atoms with Crippen LogP contribution in [0, 0.1) is 11.6 Å². The first-order chi connectivity index (χ1) is 9.06. The number of phenols is 1. The molecule has 0 spiro atoms. The van der Waals surface area contributed by atoms with Crippen molar-refractivity contribution in [3.05, 3.63) is 59.7 Å². The number of benzene rings is 2. The Hall–Kier alpha value is -1.88. The Morgan fingerprint density at radius 1 is 1.05 bits per heavy atom. The van der Waals surface area contributed by atoms with Crippen molar-refractivity contribution in [2.75, 3.05) is 5.75 Å². The van der Waals surface area contributed by atoms with Gasteiger partial charge >= 0.3 is 0 Å². The second-order valence-electron chi connectivity index (χ2n) is 3.83. The van der Waals surface area contributed by atoms with E-state index in [1.165, 1.54) is 23.9 Å². The van der Waals surface area contributed by atoms with Crippen LogP contribution < -0.4 is 0 Å². The SMILES string of the molecule is O=C(CSc1ccc(F)cc1)c1cc(F)ccc1O. The zero-order chi connectivity index (χ0) is 13.8. The van der Waals surface area contributed by atoms with E-state index in [-0.39, 0.29) is 28.7 Å². The number of phenolic OH excluding ortho intramolecular Hbond substituents is 1. The number of hydrogen-bond acceptors (Lipinski definition) is 3. The minimum Gasteiger partial charge on any atom is -0.507 e. The van der Waals surface area contributed by atoms with Gasteiger partial charge in [-0.05, 0) is 42.5 Å². The predicted octanol–water partition coefficient (Wildman–Crippen LogP) is 3.65. The molecule has 0 aromatic heterocycles. The van der Waals surface area contributed by atoms with Crippen LogP contribution in [0.2, 0.25) is 0 Å². The lowest BCUT2D eigenvalue weighted by Crippen LogP contribution is -2.03. The van der Waals surface area contributed by atoms with Crippen LogP contribution in [0.15, 0.2) is 47.4 Å². The number of rotatable bonds is 4. The lowest BCUT2D eigenvalue weighted by Gasteiger charge is -2.04. The molecular weight excluding hydrogens is 270 g/mol. The quantitative estimate of drug-likeness (QED) is 0.686. The summed E-state index contributed by atoms with van der Waals surface area (Å²) in [5, 5.41) is 9.49. The van der Waals surface area contributed by atoms with Crippen molar-refractivity contribution >= 4 is 17.5 Å². The maximum atomic E-state index is 13.0. The second-order valence-corrected chi connectivity index (χ2v) is 4.88. The fourth-order valence-electron chi connectivity index (χ4n) is 1.49. The minimum atomic E-state index is -0.576. The van der Waals surface area contributed by atoms with E-state index in [2.05, 4.69) is 0 Å². The van der Waals surface area contributed by atoms with Crippen molar-refractivity contribution in [3.63, 3.8) is 0 Å². The number of aromatic hydroxyl groups is 1. The van der Waals surface area contributed by atoms with E-state index in [1.54, 1.807) is 12.1 Å². The van der Waals surface area contributed by atoms with Gasteiger partial charge in [-0.15, -0.1) is 11.8 Å². The second kappa shape index (κ2) is 5.84. The number of halogens is 2. The highest BCUT2D eigenvalue weighted by Crippen LogP contribution is 2.23. The third kappa shape index (κ3) is 3.54. The topological polar surface area (TPSA) is 37.3 Å². The fraction of sp³-hybridized carbons (Fsp3) is 0.0714. The number of Topliss-reactive ketones (excluding diaryl/α,β-unsaturated/α-hetero) is 1. The van der Waals surface area contributed by atoms with Gasteiger partial charge in [-0.2, -0.15) is 0 Å². The summed E-state index contributed by atoms with van der Waals surface area (Å²) in [5.41, 5.74) is -0.0467. The molecule has 2 aromatic carbocycles. The van der Waals surface area contributed by atoms with Gasteiger partial charge in [0.1, 0.15) is 17.4 Å². The Bertz CT molecular complexity index is 597. The monoisotopic (exact) mass is 280 g/mol. The molecule has 1 N–H and O–H groups in total. The van der Waals surface area contributed by atoms with Gasteiger partial charge in [0.05, 0.1) is 11.3 Å². The van der Waals surface area contributed by atoms with E-state index in [0.717, 1.165) is 23.1 Å².